The lowest BCUT2D eigenvalue weighted by molar-refractivity contribution is 0.0694. The predicted octanol–water partition coefficient (Wildman–Crippen LogP) is 1.95. The van der Waals surface area contributed by atoms with Gasteiger partial charge in [0, 0.05) is 19.1 Å². The number of benzene rings is 1. The van der Waals surface area contributed by atoms with Crippen LogP contribution in [0.4, 0.5) is 0 Å². The van der Waals surface area contributed by atoms with Gasteiger partial charge in [-0.15, -0.1) is 12.4 Å². The van der Waals surface area contributed by atoms with E-state index in [1.54, 1.807) is 26.4 Å². The van der Waals surface area contributed by atoms with Crippen LogP contribution in [0.3, 0.4) is 0 Å². The maximum Gasteiger partial charge on any atom is 0.257 e. The first-order valence-electron chi connectivity index (χ1n) is 6.88. The highest BCUT2D eigenvalue weighted by atomic mass is 35.5. The van der Waals surface area contributed by atoms with Gasteiger partial charge in [0.05, 0.1) is 19.8 Å². The van der Waals surface area contributed by atoms with Gasteiger partial charge in [0.2, 0.25) is 0 Å². The maximum absolute atomic E-state index is 12.7. The number of nitrogens with one attached hydrogen (secondary N) is 1. The molecule has 1 atom stereocenters. The SMILES string of the molecule is CNC1CCCN(C(=O)c2cccc(OC)c2OC)C1.Cl. The van der Waals surface area contributed by atoms with Crippen molar-refractivity contribution in [3.05, 3.63) is 23.8 Å². The molecule has 1 aliphatic rings. The smallest absolute Gasteiger partial charge is 0.257 e. The van der Waals surface area contributed by atoms with Crippen molar-refractivity contribution in [2.45, 2.75) is 18.9 Å². The van der Waals surface area contributed by atoms with E-state index in [0.717, 1.165) is 25.9 Å². The fourth-order valence-corrected chi connectivity index (χ4v) is 2.62. The van der Waals surface area contributed by atoms with Crippen LogP contribution in [-0.4, -0.2) is 51.2 Å². The van der Waals surface area contributed by atoms with E-state index in [4.69, 9.17) is 9.47 Å². The van der Waals surface area contributed by atoms with Crippen molar-refractivity contribution in [3.8, 4) is 11.5 Å². The minimum absolute atomic E-state index is 0. The van der Waals surface area contributed by atoms with Crippen LogP contribution < -0.4 is 14.8 Å². The molecule has 1 N–H and O–H groups in total. The average Bonchev–Trinajstić information content (AvgIpc) is 2.53. The molecule has 1 aromatic carbocycles. The monoisotopic (exact) mass is 314 g/mol. The highest BCUT2D eigenvalue weighted by Crippen LogP contribution is 2.31. The van der Waals surface area contributed by atoms with E-state index in [-0.39, 0.29) is 18.3 Å². The summed E-state index contributed by atoms with van der Waals surface area (Å²) in [7, 11) is 5.07. The van der Waals surface area contributed by atoms with E-state index in [9.17, 15) is 4.79 Å². The zero-order chi connectivity index (χ0) is 14.5. The summed E-state index contributed by atoms with van der Waals surface area (Å²) >= 11 is 0. The number of rotatable bonds is 4. The number of ether oxygens (including phenoxy) is 2. The van der Waals surface area contributed by atoms with E-state index < -0.39 is 0 Å². The van der Waals surface area contributed by atoms with Gasteiger partial charge in [-0.05, 0) is 32.0 Å². The molecule has 1 heterocycles. The lowest BCUT2D eigenvalue weighted by Crippen LogP contribution is -2.47. The Morgan fingerprint density at radius 3 is 2.71 bits per heavy atom. The number of nitrogens with zero attached hydrogens (tertiary/aromatic N) is 1. The summed E-state index contributed by atoms with van der Waals surface area (Å²) < 4.78 is 10.6. The molecule has 21 heavy (non-hydrogen) atoms. The summed E-state index contributed by atoms with van der Waals surface area (Å²) in [5.74, 6) is 1.09. The standard InChI is InChI=1S/C15H22N2O3.ClH/c1-16-11-6-5-9-17(10-11)15(18)12-7-4-8-13(19-2)14(12)20-3;/h4,7-8,11,16H,5-6,9-10H2,1-3H3;1H. The summed E-state index contributed by atoms with van der Waals surface area (Å²) in [4.78, 5) is 14.5. The maximum atomic E-state index is 12.7. The Balaban J connectivity index is 0.00000220. The number of likely N-dealkylation sites (N-methyl/N-ethyl adjacent to an activating group) is 1. The molecule has 0 bridgehead atoms. The van der Waals surface area contributed by atoms with E-state index in [1.165, 1.54) is 0 Å². The first kappa shape index (κ1) is 17.6. The van der Waals surface area contributed by atoms with Gasteiger partial charge in [0.25, 0.3) is 5.91 Å². The van der Waals surface area contributed by atoms with Crippen molar-refractivity contribution < 1.29 is 14.3 Å². The quantitative estimate of drug-likeness (QED) is 0.923. The number of carbonyl (C=O) groups is 1. The van der Waals surface area contributed by atoms with Gasteiger partial charge in [-0.25, -0.2) is 0 Å². The number of hydrogen-bond acceptors (Lipinski definition) is 4. The summed E-state index contributed by atoms with van der Waals surface area (Å²) in [6.45, 7) is 1.52. The first-order chi connectivity index (χ1) is 9.71. The Morgan fingerprint density at radius 2 is 2.10 bits per heavy atom. The van der Waals surface area contributed by atoms with Crippen LogP contribution in [0.1, 0.15) is 23.2 Å². The van der Waals surface area contributed by atoms with Crippen LogP contribution >= 0.6 is 12.4 Å². The highest BCUT2D eigenvalue weighted by Gasteiger charge is 2.26. The van der Waals surface area contributed by atoms with Gasteiger partial charge in [0.15, 0.2) is 11.5 Å². The molecule has 0 aromatic heterocycles. The van der Waals surface area contributed by atoms with Gasteiger partial charge in [0.1, 0.15) is 0 Å². The normalized spacial score (nSPS) is 17.9. The third kappa shape index (κ3) is 3.80. The van der Waals surface area contributed by atoms with Crippen molar-refractivity contribution in [2.24, 2.45) is 0 Å². The van der Waals surface area contributed by atoms with Gasteiger partial charge >= 0.3 is 0 Å². The lowest BCUT2D eigenvalue weighted by Gasteiger charge is -2.33. The second-order valence-corrected chi connectivity index (χ2v) is 4.92. The van der Waals surface area contributed by atoms with E-state index >= 15 is 0 Å². The molecule has 1 amide bonds. The topological polar surface area (TPSA) is 50.8 Å². The van der Waals surface area contributed by atoms with Crippen molar-refractivity contribution in [1.82, 2.24) is 10.2 Å². The van der Waals surface area contributed by atoms with Crippen molar-refractivity contribution in [2.75, 3.05) is 34.4 Å². The molecule has 118 valence electrons. The van der Waals surface area contributed by atoms with Crippen LogP contribution in [0.2, 0.25) is 0 Å². The number of halogens is 1. The van der Waals surface area contributed by atoms with Crippen molar-refractivity contribution >= 4 is 18.3 Å². The zero-order valence-corrected chi connectivity index (χ0v) is 13.5. The largest absolute Gasteiger partial charge is 0.493 e. The van der Waals surface area contributed by atoms with E-state index in [0.29, 0.717) is 23.1 Å². The van der Waals surface area contributed by atoms with Gasteiger partial charge in [-0.1, -0.05) is 6.07 Å². The fraction of sp³-hybridized carbons (Fsp3) is 0.533. The Hall–Kier alpha value is -1.46. The molecule has 0 saturated carbocycles. The third-order valence-electron chi connectivity index (χ3n) is 3.75. The molecule has 5 nitrogen and oxygen atoms in total. The highest BCUT2D eigenvalue weighted by molar-refractivity contribution is 5.98. The van der Waals surface area contributed by atoms with E-state index in [2.05, 4.69) is 5.32 Å². The summed E-state index contributed by atoms with van der Waals surface area (Å²) in [5.41, 5.74) is 0.559. The molecular weight excluding hydrogens is 292 g/mol. The third-order valence-corrected chi connectivity index (χ3v) is 3.75. The molecule has 1 aromatic rings. The molecule has 1 aliphatic heterocycles. The Morgan fingerprint density at radius 1 is 1.33 bits per heavy atom. The minimum atomic E-state index is 0. The number of likely N-dealkylation sites (tertiary alicyclic amines) is 1. The van der Waals surface area contributed by atoms with Crippen LogP contribution in [-0.2, 0) is 0 Å². The summed E-state index contributed by atoms with van der Waals surface area (Å²) in [6.07, 6.45) is 2.12. The average molecular weight is 315 g/mol. The van der Waals surface area contributed by atoms with Gasteiger partial charge in [-0.3, -0.25) is 4.79 Å². The van der Waals surface area contributed by atoms with Crippen molar-refractivity contribution in [1.29, 1.82) is 0 Å². The molecule has 1 saturated heterocycles. The predicted molar refractivity (Wildman–Crippen MR) is 84.8 cm³/mol. The molecule has 2 rings (SSSR count). The molecule has 0 aliphatic carbocycles. The van der Waals surface area contributed by atoms with Crippen LogP contribution in [0.5, 0.6) is 11.5 Å². The molecular formula is C15H23ClN2O3. The minimum Gasteiger partial charge on any atom is -0.493 e. The second kappa shape index (κ2) is 8.10. The lowest BCUT2D eigenvalue weighted by atomic mass is 10.0. The number of para-hydroxylation sites is 1. The molecule has 1 fully saturated rings. The summed E-state index contributed by atoms with van der Waals surface area (Å²) in [6, 6.07) is 5.76. The molecule has 6 heteroatoms. The molecule has 0 radical (unpaired) electrons. The van der Waals surface area contributed by atoms with E-state index in [1.807, 2.05) is 18.0 Å². The van der Waals surface area contributed by atoms with Crippen LogP contribution in [0.15, 0.2) is 18.2 Å². The second-order valence-electron chi connectivity index (χ2n) is 4.92. The zero-order valence-electron chi connectivity index (χ0n) is 12.7. The van der Waals surface area contributed by atoms with Gasteiger partial charge in [-0.2, -0.15) is 0 Å². The number of carbonyl (C=O) groups excluding carboxylic acids is 1. The number of piperidine rings is 1. The molecule has 0 spiro atoms. The Labute approximate surface area is 132 Å². The number of amides is 1. The van der Waals surface area contributed by atoms with Crippen molar-refractivity contribution in [3.63, 3.8) is 0 Å². The number of methoxy groups -OCH3 is 2. The van der Waals surface area contributed by atoms with Gasteiger partial charge < -0.3 is 19.7 Å². The Bertz CT molecular complexity index is 482. The van der Waals surface area contributed by atoms with Crippen LogP contribution in [0.25, 0.3) is 0 Å². The first-order valence-corrected chi connectivity index (χ1v) is 6.88. The van der Waals surface area contributed by atoms with Crippen LogP contribution in [0, 0.1) is 0 Å². The molecule has 1 unspecified atom stereocenters. The fourth-order valence-electron chi connectivity index (χ4n) is 2.62. The number of hydrogen-bond donors (Lipinski definition) is 1. The summed E-state index contributed by atoms with van der Waals surface area (Å²) in [5, 5.41) is 3.24. The Kier molecular flexibility index (Phi) is 6.78.